The van der Waals surface area contributed by atoms with Crippen molar-refractivity contribution in [3.63, 3.8) is 0 Å². The van der Waals surface area contributed by atoms with E-state index in [1.807, 2.05) is 0 Å². The number of cyclic esters (lactones) is 1. The van der Waals surface area contributed by atoms with Gasteiger partial charge in [0.25, 0.3) is 5.91 Å². The third-order valence-electron chi connectivity index (χ3n) is 3.79. The number of benzene rings is 2. The number of esters is 1. The van der Waals surface area contributed by atoms with Gasteiger partial charge in [-0.2, -0.15) is 13.2 Å². The van der Waals surface area contributed by atoms with Crippen LogP contribution in [0.4, 0.5) is 18.9 Å². The molecule has 1 aliphatic rings. The number of amides is 1. The Hall–Kier alpha value is -2.25. The molecule has 0 aromatic heterocycles. The van der Waals surface area contributed by atoms with Crippen LogP contribution < -0.4 is 5.32 Å². The van der Waals surface area contributed by atoms with Crippen molar-refractivity contribution in [3.8, 4) is 0 Å². The number of fused-ring (bicyclic) bond motifs is 1. The van der Waals surface area contributed by atoms with Gasteiger partial charge in [0.15, 0.2) is 6.10 Å². The number of nitrogens with one attached hydrogen (secondary N) is 1. The first-order chi connectivity index (χ1) is 12.1. The van der Waals surface area contributed by atoms with Crippen LogP contribution in [0.3, 0.4) is 0 Å². The fraction of sp³-hybridized carbons (Fsp3) is 0.176. The average molecular weight is 404 g/mol. The van der Waals surface area contributed by atoms with Gasteiger partial charge in [0.05, 0.1) is 21.8 Å². The highest BCUT2D eigenvalue weighted by Crippen LogP contribution is 2.34. The fourth-order valence-corrected chi connectivity index (χ4v) is 2.88. The number of hydrogen-bond acceptors (Lipinski definition) is 3. The van der Waals surface area contributed by atoms with Crippen molar-refractivity contribution >= 4 is 40.8 Å². The molecule has 0 fully saturated rings. The van der Waals surface area contributed by atoms with Crippen LogP contribution in [0, 0.1) is 0 Å². The molecule has 1 heterocycles. The van der Waals surface area contributed by atoms with Crippen LogP contribution in [-0.4, -0.2) is 18.0 Å². The van der Waals surface area contributed by atoms with Crippen molar-refractivity contribution in [1.82, 2.24) is 0 Å². The summed E-state index contributed by atoms with van der Waals surface area (Å²) in [7, 11) is 0. The summed E-state index contributed by atoms with van der Waals surface area (Å²) in [6, 6.07) is 7.09. The second kappa shape index (κ2) is 6.81. The lowest BCUT2D eigenvalue weighted by atomic mass is 9.98. The lowest BCUT2D eigenvalue weighted by Gasteiger charge is -2.24. The molecule has 1 aliphatic heterocycles. The van der Waals surface area contributed by atoms with E-state index < -0.39 is 29.7 Å². The smallest absolute Gasteiger partial charge is 0.416 e. The Morgan fingerprint density at radius 2 is 1.88 bits per heavy atom. The first-order valence-corrected chi connectivity index (χ1v) is 8.08. The lowest BCUT2D eigenvalue weighted by Crippen LogP contribution is -2.38. The summed E-state index contributed by atoms with van der Waals surface area (Å²) in [5, 5.41) is 2.59. The molecule has 0 aliphatic carbocycles. The van der Waals surface area contributed by atoms with Crippen molar-refractivity contribution in [2.75, 3.05) is 5.32 Å². The second-order valence-corrected chi connectivity index (χ2v) is 6.42. The molecule has 1 N–H and O–H groups in total. The summed E-state index contributed by atoms with van der Waals surface area (Å²) in [4.78, 5) is 24.4. The van der Waals surface area contributed by atoms with Crippen molar-refractivity contribution in [2.45, 2.75) is 18.7 Å². The van der Waals surface area contributed by atoms with Gasteiger partial charge in [0.1, 0.15) is 0 Å². The molecule has 1 unspecified atom stereocenters. The standard InChI is InChI=1S/C17H10Cl2F3NO3/c18-10-2-3-11-8(5-10)6-14(26-16(11)25)15(24)23-13-7-9(17(20,21)22)1-4-12(13)19/h1-5,7,14H,6H2,(H,23,24). The van der Waals surface area contributed by atoms with E-state index in [0.29, 0.717) is 10.6 Å². The highest BCUT2D eigenvalue weighted by Gasteiger charge is 2.33. The van der Waals surface area contributed by atoms with E-state index in [2.05, 4.69) is 5.32 Å². The number of anilines is 1. The Balaban J connectivity index is 1.82. The molecule has 1 amide bonds. The van der Waals surface area contributed by atoms with Gasteiger partial charge in [-0.3, -0.25) is 4.79 Å². The van der Waals surface area contributed by atoms with Crippen LogP contribution >= 0.6 is 23.2 Å². The van der Waals surface area contributed by atoms with Crippen LogP contribution in [0.25, 0.3) is 0 Å². The van der Waals surface area contributed by atoms with Crippen molar-refractivity contribution in [3.05, 3.63) is 63.1 Å². The maximum absolute atomic E-state index is 12.8. The largest absolute Gasteiger partial charge is 0.448 e. The highest BCUT2D eigenvalue weighted by atomic mass is 35.5. The van der Waals surface area contributed by atoms with E-state index in [4.69, 9.17) is 27.9 Å². The van der Waals surface area contributed by atoms with Crippen LogP contribution in [-0.2, 0) is 22.1 Å². The SMILES string of the molecule is O=C1OC(C(=O)Nc2cc(C(F)(F)F)ccc2Cl)Cc2cc(Cl)ccc21. The second-order valence-electron chi connectivity index (χ2n) is 5.58. The summed E-state index contributed by atoms with van der Waals surface area (Å²) in [6.07, 6.45) is -5.75. The summed E-state index contributed by atoms with van der Waals surface area (Å²) < 4.78 is 43.5. The summed E-state index contributed by atoms with van der Waals surface area (Å²) >= 11 is 11.7. The Morgan fingerprint density at radius 3 is 2.58 bits per heavy atom. The molecular formula is C17H10Cl2F3NO3. The zero-order chi connectivity index (χ0) is 19.1. The topological polar surface area (TPSA) is 55.4 Å². The number of alkyl halides is 3. The molecule has 2 aromatic rings. The Bertz CT molecular complexity index is 899. The molecular weight excluding hydrogens is 394 g/mol. The Kier molecular flexibility index (Phi) is 4.86. The van der Waals surface area contributed by atoms with Gasteiger partial charge in [-0.15, -0.1) is 0 Å². The zero-order valence-corrected chi connectivity index (χ0v) is 14.4. The lowest BCUT2D eigenvalue weighted by molar-refractivity contribution is -0.137. The van der Waals surface area contributed by atoms with Crippen molar-refractivity contribution in [1.29, 1.82) is 0 Å². The maximum Gasteiger partial charge on any atom is 0.416 e. The van der Waals surface area contributed by atoms with Crippen LogP contribution in [0.5, 0.6) is 0 Å². The first kappa shape index (κ1) is 18.5. The number of hydrogen-bond donors (Lipinski definition) is 1. The normalized spacial score (nSPS) is 16.7. The molecule has 26 heavy (non-hydrogen) atoms. The molecule has 3 rings (SSSR count). The van der Waals surface area contributed by atoms with Crippen LogP contribution in [0.1, 0.15) is 21.5 Å². The van der Waals surface area contributed by atoms with Crippen LogP contribution in [0.2, 0.25) is 10.0 Å². The van der Waals surface area contributed by atoms with Gasteiger partial charge in [-0.25, -0.2) is 4.79 Å². The monoisotopic (exact) mass is 403 g/mol. The molecule has 0 saturated carbocycles. The molecule has 4 nitrogen and oxygen atoms in total. The predicted molar refractivity (Wildman–Crippen MR) is 89.4 cm³/mol. The maximum atomic E-state index is 12.8. The molecule has 0 bridgehead atoms. The van der Waals surface area contributed by atoms with Crippen LogP contribution in [0.15, 0.2) is 36.4 Å². The third kappa shape index (κ3) is 3.78. The van der Waals surface area contributed by atoms with Gasteiger partial charge in [0.2, 0.25) is 0 Å². The molecule has 2 aromatic carbocycles. The number of rotatable bonds is 2. The summed E-state index contributed by atoms with van der Waals surface area (Å²) in [5.74, 6) is -1.50. The quantitative estimate of drug-likeness (QED) is 0.737. The van der Waals surface area contributed by atoms with E-state index in [9.17, 15) is 22.8 Å². The summed E-state index contributed by atoms with van der Waals surface area (Å²) in [5.41, 5.74) is -0.381. The third-order valence-corrected chi connectivity index (χ3v) is 4.35. The van der Waals surface area contributed by atoms with Gasteiger partial charge in [0, 0.05) is 11.4 Å². The molecule has 0 radical (unpaired) electrons. The molecule has 9 heteroatoms. The number of halogens is 5. The van der Waals surface area contributed by atoms with E-state index in [1.165, 1.54) is 18.2 Å². The van der Waals surface area contributed by atoms with E-state index >= 15 is 0 Å². The van der Waals surface area contributed by atoms with E-state index in [-0.39, 0.29) is 22.7 Å². The number of carbonyl (C=O) groups is 2. The average Bonchev–Trinajstić information content (AvgIpc) is 2.55. The number of ether oxygens (including phenoxy) is 1. The Morgan fingerprint density at radius 1 is 1.15 bits per heavy atom. The first-order valence-electron chi connectivity index (χ1n) is 7.32. The fourth-order valence-electron chi connectivity index (χ4n) is 2.52. The van der Waals surface area contributed by atoms with Gasteiger partial charge in [-0.1, -0.05) is 23.2 Å². The molecule has 136 valence electrons. The zero-order valence-electron chi connectivity index (χ0n) is 12.9. The predicted octanol–water partition coefficient (Wildman–Crippen LogP) is 4.73. The van der Waals surface area contributed by atoms with E-state index in [0.717, 1.165) is 18.2 Å². The number of carbonyl (C=O) groups excluding carboxylic acids is 2. The molecule has 1 atom stereocenters. The molecule has 0 saturated heterocycles. The van der Waals surface area contributed by atoms with E-state index in [1.54, 1.807) is 0 Å². The van der Waals surface area contributed by atoms with Crippen molar-refractivity contribution in [2.24, 2.45) is 0 Å². The minimum Gasteiger partial charge on any atom is -0.448 e. The summed E-state index contributed by atoms with van der Waals surface area (Å²) in [6.45, 7) is 0. The van der Waals surface area contributed by atoms with Gasteiger partial charge in [-0.05, 0) is 42.0 Å². The minimum atomic E-state index is -4.59. The van der Waals surface area contributed by atoms with Gasteiger partial charge < -0.3 is 10.1 Å². The minimum absolute atomic E-state index is 0.0457. The van der Waals surface area contributed by atoms with Gasteiger partial charge >= 0.3 is 12.1 Å². The molecule has 0 spiro atoms. The Labute approximate surface area is 155 Å². The highest BCUT2D eigenvalue weighted by molar-refractivity contribution is 6.33. The van der Waals surface area contributed by atoms with Crippen molar-refractivity contribution < 1.29 is 27.5 Å².